The van der Waals surface area contributed by atoms with Crippen LogP contribution in [0, 0.1) is 5.41 Å². The van der Waals surface area contributed by atoms with E-state index in [2.05, 4.69) is 22.4 Å². The Balaban J connectivity index is 1.50. The molecule has 0 amide bonds. The van der Waals surface area contributed by atoms with Crippen LogP contribution in [0.25, 0.3) is 0 Å². The lowest BCUT2D eigenvalue weighted by Crippen LogP contribution is -2.37. The highest BCUT2D eigenvalue weighted by Gasteiger charge is 2.40. The highest BCUT2D eigenvalue weighted by atomic mass is 16.5. The lowest BCUT2D eigenvalue weighted by molar-refractivity contribution is 0.0824. The monoisotopic (exact) mass is 246 g/mol. The molecular formula is C15H22N2O. The third-order valence-electron chi connectivity index (χ3n) is 4.45. The van der Waals surface area contributed by atoms with Crippen molar-refractivity contribution in [1.82, 2.24) is 10.3 Å². The summed E-state index contributed by atoms with van der Waals surface area (Å²) >= 11 is 0. The number of pyridine rings is 1. The number of rotatable bonds is 3. The van der Waals surface area contributed by atoms with Crippen LogP contribution < -0.4 is 5.32 Å². The third-order valence-corrected chi connectivity index (χ3v) is 4.45. The Morgan fingerprint density at radius 3 is 2.83 bits per heavy atom. The molecule has 1 atom stereocenters. The van der Waals surface area contributed by atoms with Gasteiger partial charge in [-0.3, -0.25) is 4.98 Å². The van der Waals surface area contributed by atoms with Gasteiger partial charge in [0.05, 0.1) is 12.7 Å². The molecule has 18 heavy (non-hydrogen) atoms. The second-order valence-corrected chi connectivity index (χ2v) is 5.78. The predicted molar refractivity (Wildman–Crippen MR) is 71.5 cm³/mol. The number of nitrogens with one attached hydrogen (secondary N) is 1. The molecule has 0 radical (unpaired) electrons. The van der Waals surface area contributed by atoms with Crippen LogP contribution in [0.15, 0.2) is 24.5 Å². The van der Waals surface area contributed by atoms with Crippen molar-refractivity contribution in [3.8, 4) is 0 Å². The Hall–Kier alpha value is -0.930. The Morgan fingerprint density at radius 2 is 2.06 bits per heavy atom. The van der Waals surface area contributed by atoms with Crippen molar-refractivity contribution in [1.29, 1.82) is 0 Å². The molecule has 3 rings (SSSR count). The Morgan fingerprint density at radius 1 is 1.28 bits per heavy atom. The molecule has 2 fully saturated rings. The lowest BCUT2D eigenvalue weighted by atomic mass is 9.77. The molecule has 0 unspecified atom stereocenters. The summed E-state index contributed by atoms with van der Waals surface area (Å²) in [6, 6.07) is 4.21. The SMILES string of the molecule is c1cc(CC[C@@H]2CC3(CCNCC3)CO2)ccn1. The van der Waals surface area contributed by atoms with Gasteiger partial charge in [0, 0.05) is 12.4 Å². The number of aromatic nitrogens is 1. The smallest absolute Gasteiger partial charge is 0.0584 e. The largest absolute Gasteiger partial charge is 0.378 e. The minimum atomic E-state index is 0.469. The summed E-state index contributed by atoms with van der Waals surface area (Å²) in [6.45, 7) is 3.32. The number of piperidine rings is 1. The van der Waals surface area contributed by atoms with E-state index in [9.17, 15) is 0 Å². The summed E-state index contributed by atoms with van der Waals surface area (Å²) < 4.78 is 6.02. The molecular weight excluding hydrogens is 224 g/mol. The predicted octanol–water partition coefficient (Wildman–Crippen LogP) is 2.17. The molecule has 3 heteroatoms. The van der Waals surface area contributed by atoms with Gasteiger partial charge in [-0.05, 0) is 68.3 Å². The van der Waals surface area contributed by atoms with E-state index in [0.29, 0.717) is 11.5 Å². The van der Waals surface area contributed by atoms with E-state index in [1.165, 1.54) is 37.9 Å². The van der Waals surface area contributed by atoms with Gasteiger partial charge in [-0.1, -0.05) is 0 Å². The van der Waals surface area contributed by atoms with Gasteiger partial charge in [-0.25, -0.2) is 0 Å². The van der Waals surface area contributed by atoms with Crippen LogP contribution >= 0.6 is 0 Å². The number of nitrogens with zero attached hydrogens (tertiary/aromatic N) is 1. The molecule has 3 heterocycles. The summed E-state index contributed by atoms with van der Waals surface area (Å²) in [5.41, 5.74) is 1.87. The van der Waals surface area contributed by atoms with Crippen molar-refractivity contribution >= 4 is 0 Å². The fourth-order valence-corrected chi connectivity index (χ4v) is 3.26. The van der Waals surface area contributed by atoms with Crippen LogP contribution in [0.3, 0.4) is 0 Å². The summed E-state index contributed by atoms with van der Waals surface area (Å²) in [5, 5.41) is 3.45. The van der Waals surface area contributed by atoms with Crippen LogP contribution in [-0.4, -0.2) is 30.8 Å². The van der Waals surface area contributed by atoms with E-state index in [0.717, 1.165) is 19.4 Å². The number of ether oxygens (including phenoxy) is 1. The molecule has 98 valence electrons. The average Bonchev–Trinajstić information content (AvgIpc) is 2.82. The summed E-state index contributed by atoms with van der Waals surface area (Å²) in [7, 11) is 0. The van der Waals surface area contributed by atoms with E-state index < -0.39 is 0 Å². The number of aryl methyl sites for hydroxylation is 1. The normalized spacial score (nSPS) is 26.6. The zero-order valence-corrected chi connectivity index (χ0v) is 10.9. The van der Waals surface area contributed by atoms with Gasteiger partial charge < -0.3 is 10.1 Å². The maximum absolute atomic E-state index is 6.02. The topological polar surface area (TPSA) is 34.1 Å². The first-order chi connectivity index (χ1) is 8.86. The minimum absolute atomic E-state index is 0.469. The van der Waals surface area contributed by atoms with Crippen LogP contribution in [0.4, 0.5) is 0 Å². The molecule has 0 bridgehead atoms. The fraction of sp³-hybridized carbons (Fsp3) is 0.667. The molecule has 2 aliphatic heterocycles. The maximum atomic E-state index is 6.02. The van der Waals surface area contributed by atoms with Crippen LogP contribution in [0.2, 0.25) is 0 Å². The minimum Gasteiger partial charge on any atom is -0.378 e. The average molecular weight is 246 g/mol. The summed E-state index contributed by atoms with van der Waals surface area (Å²) in [4.78, 5) is 4.06. The molecule has 0 saturated carbocycles. The molecule has 2 saturated heterocycles. The van der Waals surface area contributed by atoms with Gasteiger partial charge in [0.1, 0.15) is 0 Å². The van der Waals surface area contributed by atoms with Crippen molar-refractivity contribution < 1.29 is 4.74 Å². The molecule has 0 aromatic carbocycles. The zero-order valence-electron chi connectivity index (χ0n) is 10.9. The highest BCUT2D eigenvalue weighted by Crippen LogP contribution is 2.41. The molecule has 1 aromatic rings. The van der Waals surface area contributed by atoms with Gasteiger partial charge in [0.15, 0.2) is 0 Å². The quantitative estimate of drug-likeness (QED) is 0.887. The van der Waals surface area contributed by atoms with Crippen LogP contribution in [0.1, 0.15) is 31.2 Å². The molecule has 1 aromatic heterocycles. The molecule has 0 aliphatic carbocycles. The van der Waals surface area contributed by atoms with Crippen molar-refractivity contribution in [2.75, 3.05) is 19.7 Å². The summed E-state index contributed by atoms with van der Waals surface area (Å²) in [6.07, 6.45) is 10.3. The third kappa shape index (κ3) is 2.73. The van der Waals surface area contributed by atoms with Crippen molar-refractivity contribution in [3.63, 3.8) is 0 Å². The van der Waals surface area contributed by atoms with Crippen molar-refractivity contribution in [2.24, 2.45) is 5.41 Å². The number of hydrogen-bond acceptors (Lipinski definition) is 3. The van der Waals surface area contributed by atoms with Crippen molar-refractivity contribution in [3.05, 3.63) is 30.1 Å². The van der Waals surface area contributed by atoms with E-state index in [1.807, 2.05) is 12.4 Å². The molecule has 2 aliphatic rings. The Bertz CT molecular complexity index is 373. The van der Waals surface area contributed by atoms with Gasteiger partial charge in [0.25, 0.3) is 0 Å². The van der Waals surface area contributed by atoms with Gasteiger partial charge >= 0.3 is 0 Å². The van der Waals surface area contributed by atoms with Crippen molar-refractivity contribution in [2.45, 2.75) is 38.2 Å². The summed E-state index contributed by atoms with van der Waals surface area (Å²) in [5.74, 6) is 0. The standard InChI is InChI=1S/C15H22N2O/c1(13-3-7-16-8-4-13)2-14-11-15(12-18-14)5-9-17-10-6-15/h3-4,7-8,14,17H,1-2,5-6,9-12H2/t14-/m1/s1. The van der Waals surface area contributed by atoms with E-state index >= 15 is 0 Å². The maximum Gasteiger partial charge on any atom is 0.0584 e. The Kier molecular flexibility index (Phi) is 3.62. The second kappa shape index (κ2) is 5.37. The van der Waals surface area contributed by atoms with E-state index in [-0.39, 0.29) is 0 Å². The van der Waals surface area contributed by atoms with Gasteiger partial charge in [-0.2, -0.15) is 0 Å². The number of hydrogen-bond donors (Lipinski definition) is 1. The first-order valence-electron chi connectivity index (χ1n) is 7.08. The first-order valence-corrected chi connectivity index (χ1v) is 7.08. The van der Waals surface area contributed by atoms with Gasteiger partial charge in [0.2, 0.25) is 0 Å². The van der Waals surface area contributed by atoms with E-state index in [4.69, 9.17) is 4.74 Å². The Labute approximate surface area is 109 Å². The first kappa shape index (κ1) is 12.1. The second-order valence-electron chi connectivity index (χ2n) is 5.78. The molecule has 3 nitrogen and oxygen atoms in total. The van der Waals surface area contributed by atoms with Crippen LogP contribution in [0.5, 0.6) is 0 Å². The molecule has 1 N–H and O–H groups in total. The van der Waals surface area contributed by atoms with Gasteiger partial charge in [-0.15, -0.1) is 0 Å². The fourth-order valence-electron chi connectivity index (χ4n) is 3.26. The molecule has 1 spiro atoms. The van der Waals surface area contributed by atoms with E-state index in [1.54, 1.807) is 0 Å². The van der Waals surface area contributed by atoms with Crippen LogP contribution in [-0.2, 0) is 11.2 Å². The zero-order chi connectivity index (χ0) is 12.3. The lowest BCUT2D eigenvalue weighted by Gasteiger charge is -2.32. The highest BCUT2D eigenvalue weighted by molar-refractivity contribution is 5.10.